The highest BCUT2D eigenvalue weighted by molar-refractivity contribution is 6.04. The minimum absolute atomic E-state index is 0.0359. The quantitative estimate of drug-likeness (QED) is 0.891. The second-order valence-corrected chi connectivity index (χ2v) is 6.70. The summed E-state index contributed by atoms with van der Waals surface area (Å²) in [5.74, 6) is 0.0319. The van der Waals surface area contributed by atoms with E-state index in [2.05, 4.69) is 24.1 Å². The summed E-state index contributed by atoms with van der Waals surface area (Å²) < 4.78 is 0. The number of hydrogen-bond acceptors (Lipinski definition) is 2. The van der Waals surface area contributed by atoms with Gasteiger partial charge in [-0.15, -0.1) is 0 Å². The van der Waals surface area contributed by atoms with Crippen molar-refractivity contribution in [2.45, 2.75) is 59.9 Å². The molecule has 0 saturated carbocycles. The van der Waals surface area contributed by atoms with Crippen LogP contribution < -0.4 is 5.32 Å². The average Bonchev–Trinajstić information content (AvgIpc) is 2.64. The summed E-state index contributed by atoms with van der Waals surface area (Å²) in [4.78, 5) is 27.7. The third-order valence-corrected chi connectivity index (χ3v) is 4.12. The lowest BCUT2D eigenvalue weighted by molar-refractivity contribution is 0.0908. The second kappa shape index (κ2) is 5.08. The molecule has 20 heavy (non-hydrogen) atoms. The van der Waals surface area contributed by atoms with Crippen molar-refractivity contribution in [3.63, 3.8) is 0 Å². The third-order valence-electron chi connectivity index (χ3n) is 4.12. The fraction of sp³-hybridized carbons (Fsp3) is 0.625. The van der Waals surface area contributed by atoms with E-state index in [-0.39, 0.29) is 23.1 Å². The maximum Gasteiger partial charge on any atom is 0.268 e. The van der Waals surface area contributed by atoms with E-state index < -0.39 is 0 Å². The van der Waals surface area contributed by atoms with Crippen LogP contribution in [-0.2, 0) is 6.42 Å². The van der Waals surface area contributed by atoms with E-state index in [9.17, 15) is 9.59 Å². The van der Waals surface area contributed by atoms with Gasteiger partial charge in [0.15, 0.2) is 5.78 Å². The zero-order chi connectivity index (χ0) is 15.1. The number of carbonyl (C=O) groups is 2. The Balaban J connectivity index is 2.35. The number of fused-ring (bicyclic) bond motifs is 1. The summed E-state index contributed by atoms with van der Waals surface area (Å²) in [6.07, 6.45) is 2.24. The topological polar surface area (TPSA) is 62.0 Å². The molecular weight excluding hydrogens is 252 g/mol. The Hall–Kier alpha value is -1.58. The first-order valence-electron chi connectivity index (χ1n) is 7.30. The first-order chi connectivity index (χ1) is 9.25. The van der Waals surface area contributed by atoms with Crippen LogP contribution in [-0.4, -0.2) is 22.7 Å². The third kappa shape index (κ3) is 2.65. The fourth-order valence-corrected chi connectivity index (χ4v) is 2.86. The van der Waals surface area contributed by atoms with Gasteiger partial charge >= 0.3 is 0 Å². The van der Waals surface area contributed by atoms with Crippen molar-refractivity contribution in [3.05, 3.63) is 22.5 Å². The van der Waals surface area contributed by atoms with Crippen LogP contribution in [0, 0.1) is 12.3 Å². The van der Waals surface area contributed by atoms with E-state index in [1.54, 1.807) is 0 Å². The normalized spacial score (nSPS) is 18.6. The predicted octanol–water partition coefficient (Wildman–Crippen LogP) is 3.01. The molecule has 0 unspecified atom stereocenters. The van der Waals surface area contributed by atoms with Crippen molar-refractivity contribution in [2.24, 2.45) is 5.41 Å². The van der Waals surface area contributed by atoms with Crippen LogP contribution in [0.5, 0.6) is 0 Å². The number of rotatable bonds is 3. The summed E-state index contributed by atoms with van der Waals surface area (Å²) >= 11 is 0. The van der Waals surface area contributed by atoms with Gasteiger partial charge in [-0.2, -0.15) is 0 Å². The number of Topliss-reactive ketones (excluding diaryl/α,β-unsaturated/α-hetero) is 1. The van der Waals surface area contributed by atoms with Crippen molar-refractivity contribution in [3.8, 4) is 0 Å². The largest absolute Gasteiger partial charge is 0.354 e. The molecule has 0 saturated heterocycles. The second-order valence-electron chi connectivity index (χ2n) is 6.70. The molecule has 2 N–H and O–H groups in total. The number of hydrogen-bond donors (Lipinski definition) is 2. The average molecular weight is 276 g/mol. The summed E-state index contributed by atoms with van der Waals surface area (Å²) in [6.45, 7) is 10.0. The molecule has 0 radical (unpaired) electrons. The van der Waals surface area contributed by atoms with Gasteiger partial charge in [0.2, 0.25) is 0 Å². The van der Waals surface area contributed by atoms with Crippen LogP contribution in [0.2, 0.25) is 0 Å². The number of amides is 1. The minimum atomic E-state index is -0.114. The Morgan fingerprint density at radius 3 is 2.65 bits per heavy atom. The monoisotopic (exact) mass is 276 g/mol. The molecule has 4 nitrogen and oxygen atoms in total. The molecule has 0 aliphatic heterocycles. The Labute approximate surface area is 120 Å². The summed E-state index contributed by atoms with van der Waals surface area (Å²) in [5.41, 5.74) is 2.95. The van der Waals surface area contributed by atoms with Crippen molar-refractivity contribution >= 4 is 11.7 Å². The molecule has 0 aromatic carbocycles. The van der Waals surface area contributed by atoms with Gasteiger partial charge in [0.05, 0.1) is 0 Å². The number of carbonyl (C=O) groups excluding carboxylic acids is 2. The van der Waals surface area contributed by atoms with Gasteiger partial charge in [0.1, 0.15) is 5.69 Å². The smallest absolute Gasteiger partial charge is 0.268 e. The molecule has 1 aliphatic rings. The number of aromatic amines is 1. The predicted molar refractivity (Wildman–Crippen MR) is 79.2 cm³/mol. The molecule has 1 aromatic rings. The number of aromatic nitrogens is 1. The number of nitrogens with one attached hydrogen (secondary N) is 2. The van der Waals surface area contributed by atoms with E-state index >= 15 is 0 Å². The van der Waals surface area contributed by atoms with Gasteiger partial charge in [-0.1, -0.05) is 20.8 Å². The van der Waals surface area contributed by atoms with Crippen LogP contribution in [0.3, 0.4) is 0 Å². The molecule has 110 valence electrons. The van der Waals surface area contributed by atoms with E-state index in [1.165, 1.54) is 0 Å². The van der Waals surface area contributed by atoms with Crippen LogP contribution in [0.4, 0.5) is 0 Å². The lowest BCUT2D eigenvalue weighted by Crippen LogP contribution is -2.32. The number of H-pyrrole nitrogens is 1. The van der Waals surface area contributed by atoms with Gasteiger partial charge in [-0.25, -0.2) is 0 Å². The van der Waals surface area contributed by atoms with Crippen LogP contribution in [0.15, 0.2) is 0 Å². The highest BCUT2D eigenvalue weighted by atomic mass is 16.2. The first-order valence-corrected chi connectivity index (χ1v) is 7.30. The molecule has 1 aromatic heterocycles. The zero-order valence-corrected chi connectivity index (χ0v) is 13.0. The Bertz CT molecular complexity index is 555. The Morgan fingerprint density at radius 1 is 1.40 bits per heavy atom. The van der Waals surface area contributed by atoms with Crippen molar-refractivity contribution in [1.29, 1.82) is 0 Å². The van der Waals surface area contributed by atoms with E-state index in [0.29, 0.717) is 12.1 Å². The molecule has 2 rings (SSSR count). The zero-order valence-electron chi connectivity index (χ0n) is 13.0. The molecule has 1 heterocycles. The Morgan fingerprint density at radius 2 is 2.05 bits per heavy atom. The molecular formula is C16H24N2O2. The fourth-order valence-electron chi connectivity index (χ4n) is 2.86. The van der Waals surface area contributed by atoms with Crippen molar-refractivity contribution < 1.29 is 9.59 Å². The molecule has 0 bridgehead atoms. The van der Waals surface area contributed by atoms with Crippen LogP contribution in [0.1, 0.15) is 72.6 Å². The minimum Gasteiger partial charge on any atom is -0.354 e. The van der Waals surface area contributed by atoms with E-state index in [0.717, 1.165) is 29.7 Å². The van der Waals surface area contributed by atoms with Crippen LogP contribution in [0.25, 0.3) is 0 Å². The summed E-state index contributed by atoms with van der Waals surface area (Å²) in [5, 5.41) is 2.95. The number of ketones is 1. The molecule has 1 atom stereocenters. The molecule has 0 fully saturated rings. The van der Waals surface area contributed by atoms with Crippen molar-refractivity contribution in [2.75, 3.05) is 0 Å². The van der Waals surface area contributed by atoms with E-state index in [4.69, 9.17) is 0 Å². The van der Waals surface area contributed by atoms with Gasteiger partial charge in [-0.3, -0.25) is 9.59 Å². The maximum absolute atomic E-state index is 12.3. The van der Waals surface area contributed by atoms with Gasteiger partial charge < -0.3 is 10.3 Å². The highest BCUT2D eigenvalue weighted by Crippen LogP contribution is 2.36. The van der Waals surface area contributed by atoms with Gasteiger partial charge in [0, 0.05) is 23.7 Å². The first kappa shape index (κ1) is 14.8. The summed E-state index contributed by atoms with van der Waals surface area (Å²) in [6, 6.07) is 0.134. The molecule has 0 spiro atoms. The van der Waals surface area contributed by atoms with Gasteiger partial charge in [-0.05, 0) is 37.7 Å². The van der Waals surface area contributed by atoms with E-state index in [1.807, 2.05) is 20.8 Å². The summed E-state index contributed by atoms with van der Waals surface area (Å²) in [7, 11) is 0. The molecule has 1 aliphatic carbocycles. The van der Waals surface area contributed by atoms with Crippen molar-refractivity contribution in [1.82, 2.24) is 10.3 Å². The van der Waals surface area contributed by atoms with Gasteiger partial charge in [0.25, 0.3) is 5.91 Å². The standard InChI is InChI=1S/C16H24N2O2/c1-6-9(2)17-15(20)14-10(3)13-11(18-14)7-16(4,5)8-12(13)19/h9,18H,6-8H2,1-5H3,(H,17,20)/t9-/m0/s1. The van der Waals surface area contributed by atoms with Crippen LogP contribution >= 0.6 is 0 Å². The molecule has 4 heteroatoms. The highest BCUT2D eigenvalue weighted by Gasteiger charge is 2.35. The SMILES string of the molecule is CC[C@H](C)NC(=O)c1[nH]c2c(c1C)C(=O)CC(C)(C)C2. The molecule has 1 amide bonds. The lowest BCUT2D eigenvalue weighted by Gasteiger charge is -2.28. The Kier molecular flexibility index (Phi) is 3.76. The maximum atomic E-state index is 12.3. The lowest BCUT2D eigenvalue weighted by atomic mass is 9.75.